The summed E-state index contributed by atoms with van der Waals surface area (Å²) in [5, 5.41) is 0. The van der Waals surface area contributed by atoms with Crippen LogP contribution in [-0.4, -0.2) is 56.3 Å². The number of sulfonamides is 1. The molecule has 1 saturated heterocycles. The molecule has 128 valence electrons. The summed E-state index contributed by atoms with van der Waals surface area (Å²) in [6.45, 7) is 5.47. The van der Waals surface area contributed by atoms with E-state index < -0.39 is 10.0 Å². The quantitative estimate of drug-likeness (QED) is 0.753. The molecule has 6 nitrogen and oxygen atoms in total. The molecule has 1 heterocycles. The van der Waals surface area contributed by atoms with Crippen molar-refractivity contribution in [3.63, 3.8) is 0 Å². The van der Waals surface area contributed by atoms with Crippen molar-refractivity contribution >= 4 is 31.9 Å². The van der Waals surface area contributed by atoms with Gasteiger partial charge in [0.25, 0.3) is 0 Å². The van der Waals surface area contributed by atoms with Crippen LogP contribution in [0.3, 0.4) is 0 Å². The molecular formula is C15H21BrN2O4S. The van der Waals surface area contributed by atoms with E-state index in [0.717, 1.165) is 10.9 Å². The highest BCUT2D eigenvalue weighted by molar-refractivity contribution is 9.10. The minimum atomic E-state index is -3.58. The number of amides is 1. The maximum atomic E-state index is 12.8. The molecule has 1 aromatic rings. The number of hydrogen-bond acceptors (Lipinski definition) is 4. The number of piperazine rings is 1. The molecular weight excluding hydrogens is 384 g/mol. The first-order valence-electron chi connectivity index (χ1n) is 7.54. The van der Waals surface area contributed by atoms with Gasteiger partial charge in [0.2, 0.25) is 15.9 Å². The second kappa shape index (κ2) is 7.63. The third kappa shape index (κ3) is 4.24. The molecule has 1 aromatic carbocycles. The lowest BCUT2D eigenvalue weighted by molar-refractivity contribution is -0.129. The summed E-state index contributed by atoms with van der Waals surface area (Å²) in [4.78, 5) is 13.2. The number of halogens is 1. The minimum Gasteiger partial charge on any atom is -0.492 e. The van der Waals surface area contributed by atoms with Gasteiger partial charge in [-0.15, -0.1) is 0 Å². The molecule has 1 aliphatic heterocycles. The average molecular weight is 405 g/mol. The van der Waals surface area contributed by atoms with E-state index in [1.165, 1.54) is 11.2 Å². The molecule has 0 unspecified atom stereocenters. The van der Waals surface area contributed by atoms with Crippen molar-refractivity contribution in [3.8, 4) is 5.75 Å². The Kier molecular flexibility index (Phi) is 6.05. The van der Waals surface area contributed by atoms with Gasteiger partial charge in [-0.25, -0.2) is 8.42 Å². The number of rotatable bonds is 5. The Morgan fingerprint density at radius 1 is 1.26 bits per heavy atom. The molecule has 23 heavy (non-hydrogen) atoms. The predicted octanol–water partition coefficient (Wildman–Crippen LogP) is 2.09. The zero-order valence-electron chi connectivity index (χ0n) is 13.3. The molecule has 2 rings (SSSR count). The van der Waals surface area contributed by atoms with Crippen molar-refractivity contribution in [1.82, 2.24) is 9.21 Å². The van der Waals surface area contributed by atoms with Gasteiger partial charge < -0.3 is 9.64 Å². The second-order valence-corrected chi connectivity index (χ2v) is 8.14. The van der Waals surface area contributed by atoms with Crippen molar-refractivity contribution < 1.29 is 17.9 Å². The van der Waals surface area contributed by atoms with Gasteiger partial charge in [-0.05, 0) is 34.5 Å². The van der Waals surface area contributed by atoms with Crippen molar-refractivity contribution in [1.29, 1.82) is 0 Å². The van der Waals surface area contributed by atoms with Crippen LogP contribution >= 0.6 is 15.9 Å². The Labute approximate surface area is 145 Å². The molecule has 0 aromatic heterocycles. The summed E-state index contributed by atoms with van der Waals surface area (Å²) in [5.41, 5.74) is 0. The lowest BCUT2D eigenvalue weighted by atomic mass is 10.3. The summed E-state index contributed by atoms with van der Waals surface area (Å²) in [7, 11) is -3.58. The summed E-state index contributed by atoms with van der Waals surface area (Å²) < 4.78 is 33.2. The highest BCUT2D eigenvalue weighted by Gasteiger charge is 2.29. The Bertz CT molecular complexity index is 670. The fourth-order valence-corrected chi connectivity index (χ4v) is 4.16. The molecule has 0 saturated carbocycles. The van der Waals surface area contributed by atoms with Crippen LogP contribution in [0, 0.1) is 0 Å². The number of carbonyl (C=O) groups is 1. The number of hydrogen-bond donors (Lipinski definition) is 0. The van der Waals surface area contributed by atoms with E-state index in [4.69, 9.17) is 4.74 Å². The fraction of sp³-hybridized carbons (Fsp3) is 0.533. The van der Waals surface area contributed by atoms with Crippen LogP contribution in [0.15, 0.2) is 27.6 Å². The van der Waals surface area contributed by atoms with Crippen molar-refractivity contribution in [3.05, 3.63) is 22.7 Å². The Morgan fingerprint density at radius 3 is 2.48 bits per heavy atom. The number of nitrogens with zero attached hydrogens (tertiary/aromatic N) is 2. The maximum Gasteiger partial charge on any atom is 0.243 e. The van der Waals surface area contributed by atoms with Gasteiger partial charge in [0.15, 0.2) is 0 Å². The summed E-state index contributed by atoms with van der Waals surface area (Å²) in [5.74, 6) is 0.497. The molecule has 0 atom stereocenters. The first-order chi connectivity index (χ1) is 10.9. The molecule has 1 aliphatic rings. The summed E-state index contributed by atoms with van der Waals surface area (Å²) in [6.07, 6.45) is 0.844. The van der Waals surface area contributed by atoms with E-state index in [2.05, 4.69) is 15.9 Å². The molecule has 8 heteroatoms. The predicted molar refractivity (Wildman–Crippen MR) is 90.9 cm³/mol. The van der Waals surface area contributed by atoms with Crippen LogP contribution in [-0.2, 0) is 14.8 Å². The third-order valence-corrected chi connectivity index (χ3v) is 6.24. The Balaban J connectivity index is 2.18. The van der Waals surface area contributed by atoms with E-state index >= 15 is 0 Å². The Morgan fingerprint density at radius 2 is 1.91 bits per heavy atom. The molecule has 1 fully saturated rings. The van der Waals surface area contributed by atoms with Crippen molar-refractivity contribution in [2.75, 3.05) is 32.8 Å². The summed E-state index contributed by atoms with van der Waals surface area (Å²) in [6, 6.07) is 4.80. The number of benzene rings is 1. The average Bonchev–Trinajstić information content (AvgIpc) is 2.54. The van der Waals surface area contributed by atoms with E-state index in [0.29, 0.717) is 38.5 Å². The molecule has 0 N–H and O–H groups in total. The van der Waals surface area contributed by atoms with Crippen LogP contribution in [0.5, 0.6) is 5.75 Å². The lowest BCUT2D eigenvalue weighted by Gasteiger charge is -2.33. The minimum absolute atomic E-state index is 0.0269. The van der Waals surface area contributed by atoms with Crippen LogP contribution in [0.4, 0.5) is 0 Å². The SMILES string of the molecule is CCCOc1cc(S(=O)(=O)N2CCN(C(C)=O)CC2)ccc1Br. The van der Waals surface area contributed by atoms with Gasteiger partial charge in [0.1, 0.15) is 5.75 Å². The standard InChI is InChI=1S/C15H21BrN2O4S/c1-3-10-22-15-11-13(4-5-14(15)16)23(20,21)18-8-6-17(7-9-18)12(2)19/h4-5,11H,3,6-10H2,1-2H3. The maximum absolute atomic E-state index is 12.8. The third-order valence-electron chi connectivity index (χ3n) is 3.69. The van der Waals surface area contributed by atoms with Crippen LogP contribution < -0.4 is 4.74 Å². The van der Waals surface area contributed by atoms with Gasteiger partial charge in [0, 0.05) is 39.2 Å². The van der Waals surface area contributed by atoms with Gasteiger partial charge in [-0.3, -0.25) is 4.79 Å². The highest BCUT2D eigenvalue weighted by Crippen LogP contribution is 2.29. The topological polar surface area (TPSA) is 66.9 Å². The van der Waals surface area contributed by atoms with Crippen molar-refractivity contribution in [2.24, 2.45) is 0 Å². The van der Waals surface area contributed by atoms with Crippen LogP contribution in [0.2, 0.25) is 0 Å². The molecule has 0 aliphatic carbocycles. The first-order valence-corrected chi connectivity index (χ1v) is 9.77. The molecule has 1 amide bonds. The number of carbonyl (C=O) groups excluding carboxylic acids is 1. The smallest absolute Gasteiger partial charge is 0.243 e. The van der Waals surface area contributed by atoms with Crippen LogP contribution in [0.1, 0.15) is 20.3 Å². The van der Waals surface area contributed by atoms with Gasteiger partial charge in [-0.2, -0.15) is 4.31 Å². The zero-order valence-corrected chi connectivity index (χ0v) is 15.7. The lowest BCUT2D eigenvalue weighted by Crippen LogP contribution is -2.49. The van der Waals surface area contributed by atoms with E-state index in [1.54, 1.807) is 23.1 Å². The Hall–Kier alpha value is -1.12. The normalized spacial score (nSPS) is 16.4. The molecule has 0 radical (unpaired) electrons. The number of ether oxygens (including phenoxy) is 1. The van der Waals surface area contributed by atoms with Crippen molar-refractivity contribution in [2.45, 2.75) is 25.2 Å². The highest BCUT2D eigenvalue weighted by atomic mass is 79.9. The van der Waals surface area contributed by atoms with E-state index in [1.807, 2.05) is 6.92 Å². The largest absolute Gasteiger partial charge is 0.492 e. The monoisotopic (exact) mass is 404 g/mol. The van der Waals surface area contributed by atoms with Gasteiger partial charge in [0.05, 0.1) is 16.0 Å². The van der Waals surface area contributed by atoms with E-state index in [9.17, 15) is 13.2 Å². The van der Waals surface area contributed by atoms with Gasteiger partial charge in [-0.1, -0.05) is 6.92 Å². The van der Waals surface area contributed by atoms with E-state index in [-0.39, 0.29) is 10.8 Å². The second-order valence-electron chi connectivity index (χ2n) is 5.35. The summed E-state index contributed by atoms with van der Waals surface area (Å²) >= 11 is 3.37. The fourth-order valence-electron chi connectivity index (χ4n) is 2.36. The van der Waals surface area contributed by atoms with Crippen LogP contribution in [0.25, 0.3) is 0 Å². The van der Waals surface area contributed by atoms with Gasteiger partial charge >= 0.3 is 0 Å². The zero-order chi connectivity index (χ0) is 17.0. The first kappa shape index (κ1) is 18.2. The molecule has 0 spiro atoms. The molecule has 0 bridgehead atoms.